The molecule has 1 aromatic rings. The maximum atomic E-state index is 10.7. The zero-order valence-corrected chi connectivity index (χ0v) is 6.38. The number of carbonyl (C=O) groups is 2. The van der Waals surface area contributed by atoms with E-state index in [1.54, 1.807) is 0 Å². The zero-order chi connectivity index (χ0) is 8.43. The van der Waals surface area contributed by atoms with Crippen molar-refractivity contribution < 1.29 is 14.0 Å². The molecule has 0 atom stereocenters. The van der Waals surface area contributed by atoms with Crippen molar-refractivity contribution in [2.75, 3.05) is 0 Å². The summed E-state index contributed by atoms with van der Waals surface area (Å²) in [4.78, 5) is 21.4. The molecule has 0 spiro atoms. The van der Waals surface area contributed by atoms with Crippen LogP contribution in [0.2, 0.25) is 0 Å². The molecule has 11 heavy (non-hydrogen) atoms. The van der Waals surface area contributed by atoms with Gasteiger partial charge < -0.3 is 9.21 Å². The maximum Gasteiger partial charge on any atom is 0.198 e. The van der Waals surface area contributed by atoms with E-state index in [2.05, 4.69) is 0 Å². The molecule has 1 aromatic heterocycles. The quantitative estimate of drug-likeness (QED) is 0.448. The van der Waals surface area contributed by atoms with E-state index in [0.717, 1.165) is 0 Å². The minimum Gasteiger partial charge on any atom is -0.451 e. The number of hydrogen-bond donors (Lipinski definition) is 0. The van der Waals surface area contributed by atoms with Crippen molar-refractivity contribution in [2.45, 2.75) is 6.92 Å². The van der Waals surface area contributed by atoms with E-state index in [1.807, 2.05) is 0 Å². The highest BCUT2D eigenvalue weighted by Crippen LogP contribution is 2.07. The van der Waals surface area contributed by atoms with Crippen molar-refractivity contribution in [1.29, 1.82) is 0 Å². The van der Waals surface area contributed by atoms with Gasteiger partial charge in [0.2, 0.25) is 0 Å². The summed E-state index contributed by atoms with van der Waals surface area (Å²) in [6, 6.07) is 3.00. The van der Waals surface area contributed by atoms with Gasteiger partial charge in [0.05, 0.1) is 0 Å². The van der Waals surface area contributed by atoms with Gasteiger partial charge in [-0.15, -0.1) is 0 Å². The van der Waals surface area contributed by atoms with Crippen LogP contribution in [-0.2, 0) is 0 Å². The fraction of sp³-hybridized carbons (Fsp3) is 0.143. The Balaban J connectivity index is 2.99. The van der Waals surface area contributed by atoms with Gasteiger partial charge in [-0.2, -0.15) is 0 Å². The normalized spacial score (nSPS) is 9.55. The predicted octanol–water partition coefficient (Wildman–Crippen LogP) is 0.256. The maximum absolute atomic E-state index is 10.7. The molecule has 1 heterocycles. The minimum atomic E-state index is -0.169. The summed E-state index contributed by atoms with van der Waals surface area (Å²) in [5, 5.41) is 0. The average Bonchev–Trinajstić information content (AvgIpc) is 2.33. The van der Waals surface area contributed by atoms with Gasteiger partial charge >= 0.3 is 0 Å². The van der Waals surface area contributed by atoms with Crippen molar-refractivity contribution in [3.8, 4) is 0 Å². The first-order chi connectivity index (χ1) is 5.11. The molecule has 0 aliphatic heterocycles. The fourth-order valence-corrected chi connectivity index (χ4v) is 0.716. The molecule has 0 aromatic carbocycles. The Morgan fingerprint density at radius 2 is 1.91 bits per heavy atom. The van der Waals surface area contributed by atoms with Crippen LogP contribution in [0.25, 0.3) is 0 Å². The lowest BCUT2D eigenvalue weighted by Crippen LogP contribution is -1.94. The lowest BCUT2D eigenvalue weighted by Gasteiger charge is -1.86. The van der Waals surface area contributed by atoms with E-state index < -0.39 is 0 Å². The smallest absolute Gasteiger partial charge is 0.198 e. The largest absolute Gasteiger partial charge is 0.451 e. The summed E-state index contributed by atoms with van der Waals surface area (Å²) in [7, 11) is 1.39. The van der Waals surface area contributed by atoms with E-state index in [1.165, 1.54) is 26.9 Å². The van der Waals surface area contributed by atoms with Gasteiger partial charge in [0.25, 0.3) is 0 Å². The van der Waals surface area contributed by atoms with Crippen molar-refractivity contribution >= 4 is 19.3 Å². The van der Waals surface area contributed by atoms with Gasteiger partial charge in [0.1, 0.15) is 5.68 Å². The molecule has 0 unspecified atom stereocenters. The van der Waals surface area contributed by atoms with Crippen LogP contribution in [0, 0.1) is 0 Å². The zero-order valence-electron chi connectivity index (χ0n) is 6.38. The Hall–Kier alpha value is -1.32. The Kier molecular flexibility index (Phi) is 1.94. The van der Waals surface area contributed by atoms with E-state index in [0.29, 0.717) is 0 Å². The summed E-state index contributed by atoms with van der Waals surface area (Å²) in [5.41, 5.74) is -0.169. The third kappa shape index (κ3) is 1.58. The number of rotatable bonds is 2. The molecule has 56 valence electrons. The molecule has 4 heteroatoms. The van der Waals surface area contributed by atoms with Gasteiger partial charge in [-0.1, -0.05) is 0 Å². The lowest BCUT2D eigenvalue weighted by molar-refractivity contribution is 0.0980. The molecule has 0 bridgehead atoms. The summed E-state index contributed by atoms with van der Waals surface area (Å²) in [6.07, 6.45) is 0. The second-order valence-electron chi connectivity index (χ2n) is 2.28. The summed E-state index contributed by atoms with van der Waals surface area (Å²) in [6.45, 7) is 1.39. The number of carbonyl (C=O) groups excluding carboxylic acids is 2. The molecule has 0 radical (unpaired) electrons. The topological polar surface area (TPSA) is 47.3 Å². The Morgan fingerprint density at radius 3 is 2.18 bits per heavy atom. The highest BCUT2D eigenvalue weighted by Gasteiger charge is 2.08. The molecule has 0 saturated carbocycles. The van der Waals surface area contributed by atoms with Crippen LogP contribution in [-0.4, -0.2) is 19.3 Å². The predicted molar refractivity (Wildman–Crippen MR) is 41.6 cm³/mol. The summed E-state index contributed by atoms with van der Waals surface area (Å²) in [5.74, 6) is 0.294. The monoisotopic (exact) mass is 150 g/mol. The third-order valence-electron chi connectivity index (χ3n) is 1.30. The Labute approximate surface area is 64.8 Å². The SMILES string of the molecule is BC(=O)c1ccc(C(C)=O)o1. The first-order valence-electron chi connectivity index (χ1n) is 3.23. The summed E-state index contributed by atoms with van der Waals surface area (Å²) < 4.78 is 4.91. The Morgan fingerprint density at radius 1 is 1.36 bits per heavy atom. The van der Waals surface area contributed by atoms with Crippen LogP contribution in [0.15, 0.2) is 16.5 Å². The molecule has 1 rings (SSSR count). The molecule has 0 aliphatic rings. The lowest BCUT2D eigenvalue weighted by atomic mass is 10.0. The van der Waals surface area contributed by atoms with Crippen LogP contribution in [0.5, 0.6) is 0 Å². The van der Waals surface area contributed by atoms with Crippen molar-refractivity contribution in [2.24, 2.45) is 0 Å². The van der Waals surface area contributed by atoms with E-state index in [-0.39, 0.29) is 23.0 Å². The van der Waals surface area contributed by atoms with Crippen LogP contribution >= 0.6 is 0 Å². The van der Waals surface area contributed by atoms with Crippen molar-refractivity contribution in [3.05, 3.63) is 23.7 Å². The Bertz CT molecular complexity index is 272. The van der Waals surface area contributed by atoms with Gasteiger partial charge in [-0.25, -0.2) is 0 Å². The summed E-state index contributed by atoms with van der Waals surface area (Å²) >= 11 is 0. The van der Waals surface area contributed by atoms with Gasteiger partial charge in [-0.05, 0) is 12.1 Å². The van der Waals surface area contributed by atoms with Gasteiger partial charge in [0.15, 0.2) is 25.2 Å². The van der Waals surface area contributed by atoms with E-state index in [4.69, 9.17) is 4.42 Å². The third-order valence-corrected chi connectivity index (χ3v) is 1.30. The molecular weight excluding hydrogens is 143 g/mol. The molecule has 0 fully saturated rings. The highest BCUT2D eigenvalue weighted by atomic mass is 16.4. The van der Waals surface area contributed by atoms with Crippen LogP contribution < -0.4 is 0 Å². The van der Waals surface area contributed by atoms with Crippen LogP contribution in [0.1, 0.15) is 28.0 Å². The molecule has 0 aliphatic carbocycles. The van der Waals surface area contributed by atoms with Crippen LogP contribution in [0.3, 0.4) is 0 Å². The van der Waals surface area contributed by atoms with Crippen molar-refractivity contribution in [3.63, 3.8) is 0 Å². The van der Waals surface area contributed by atoms with Gasteiger partial charge in [0, 0.05) is 6.92 Å². The molecule has 0 saturated heterocycles. The number of furan rings is 1. The first-order valence-corrected chi connectivity index (χ1v) is 3.23. The van der Waals surface area contributed by atoms with E-state index in [9.17, 15) is 9.59 Å². The van der Waals surface area contributed by atoms with E-state index >= 15 is 0 Å². The number of Topliss-reactive ketones (excluding diaryl/α,β-unsaturated/α-hetero) is 1. The molecule has 3 nitrogen and oxygen atoms in total. The first kappa shape index (κ1) is 7.79. The van der Waals surface area contributed by atoms with Gasteiger partial charge in [-0.3, -0.25) is 4.79 Å². The molecule has 0 N–H and O–H groups in total. The number of hydrogen-bond acceptors (Lipinski definition) is 3. The average molecular weight is 150 g/mol. The molecular formula is C7H7BO3. The molecule has 0 amide bonds. The van der Waals surface area contributed by atoms with Crippen LogP contribution in [0.4, 0.5) is 0 Å². The minimum absolute atomic E-state index is 0.169. The number of ketones is 1. The van der Waals surface area contributed by atoms with Crippen molar-refractivity contribution in [1.82, 2.24) is 0 Å². The second-order valence-corrected chi connectivity index (χ2v) is 2.28. The standard InChI is InChI=1S/C7H7BO3/c1-4(9)5-2-3-6(11-5)7(8)10/h2-3H,8H2,1H3. The fourth-order valence-electron chi connectivity index (χ4n) is 0.716. The highest BCUT2D eigenvalue weighted by molar-refractivity contribution is 6.61. The second kappa shape index (κ2) is 2.74.